The van der Waals surface area contributed by atoms with E-state index in [0.717, 1.165) is 42.5 Å². The van der Waals surface area contributed by atoms with Crippen LogP contribution in [0.4, 0.5) is 17.5 Å². The molecular formula is C22H26ClN7O2. The van der Waals surface area contributed by atoms with Gasteiger partial charge in [-0.15, -0.1) is 0 Å². The van der Waals surface area contributed by atoms with Crippen molar-refractivity contribution in [1.82, 2.24) is 25.5 Å². The first-order chi connectivity index (χ1) is 15.6. The Balaban J connectivity index is 1.41. The van der Waals surface area contributed by atoms with Crippen molar-refractivity contribution in [2.24, 2.45) is 11.3 Å². The highest BCUT2D eigenvalue weighted by atomic mass is 35.5. The van der Waals surface area contributed by atoms with Crippen molar-refractivity contribution in [3.63, 3.8) is 0 Å². The van der Waals surface area contributed by atoms with E-state index < -0.39 is 5.41 Å². The van der Waals surface area contributed by atoms with E-state index in [-0.39, 0.29) is 11.9 Å². The van der Waals surface area contributed by atoms with Crippen molar-refractivity contribution in [2.75, 3.05) is 43.0 Å². The first kappa shape index (κ1) is 21.0. The number of benzene rings is 1. The number of hydrogen-bond donors (Lipinski definition) is 3. The van der Waals surface area contributed by atoms with Crippen molar-refractivity contribution < 1.29 is 9.53 Å². The average Bonchev–Trinajstić information content (AvgIpc) is 3.35. The molecule has 0 radical (unpaired) electrons. The maximum Gasteiger partial charge on any atom is 0.314 e. The molecule has 0 bridgehead atoms. The van der Waals surface area contributed by atoms with Crippen LogP contribution in [0.2, 0.25) is 5.02 Å². The van der Waals surface area contributed by atoms with E-state index in [1.807, 2.05) is 25.1 Å². The summed E-state index contributed by atoms with van der Waals surface area (Å²) in [6.45, 7) is 5.18. The van der Waals surface area contributed by atoms with E-state index >= 15 is 0 Å². The molecule has 2 aromatic heterocycles. The first-order valence-electron chi connectivity index (χ1n) is 10.9. The molecule has 0 saturated carbocycles. The standard InChI is InChI=1S/C22H26ClN7O2/c1-2-32-20(31)22-6-8-24-7-5-15(22)12-30(13-22)21-25-11-17(23)19(28-21)27-16-3-4-18-14(9-16)10-26-29-18/h3-4,9-11,15,24H,2,5-8,12-13H2,1H3,(H,26,29)(H,25,27,28)/t15-,22-/m0/s1. The highest BCUT2D eigenvalue weighted by molar-refractivity contribution is 6.32. The van der Waals surface area contributed by atoms with Gasteiger partial charge in [0.05, 0.1) is 29.9 Å². The number of halogens is 1. The Bertz CT molecular complexity index is 1140. The van der Waals surface area contributed by atoms with E-state index in [1.165, 1.54) is 0 Å². The minimum Gasteiger partial charge on any atom is -0.466 e. The predicted octanol–water partition coefficient (Wildman–Crippen LogP) is 3.12. The van der Waals surface area contributed by atoms with Crippen molar-refractivity contribution in [2.45, 2.75) is 19.8 Å². The van der Waals surface area contributed by atoms with E-state index in [1.54, 1.807) is 12.4 Å². The third kappa shape index (κ3) is 3.75. The molecule has 1 aromatic carbocycles. The molecule has 0 amide bonds. The van der Waals surface area contributed by atoms with Gasteiger partial charge in [0.2, 0.25) is 5.95 Å². The zero-order chi connectivity index (χ0) is 22.1. The third-order valence-corrected chi connectivity index (χ3v) is 6.79. The molecule has 10 heteroatoms. The zero-order valence-electron chi connectivity index (χ0n) is 17.9. The SMILES string of the molecule is CCOC(=O)[C@]12CCNCC[C@H]1CN(c1ncc(Cl)c(Nc3ccc4[nH]ncc4c3)n1)C2. The van der Waals surface area contributed by atoms with E-state index in [4.69, 9.17) is 21.3 Å². The van der Waals surface area contributed by atoms with Gasteiger partial charge < -0.3 is 20.3 Å². The lowest BCUT2D eigenvalue weighted by Crippen LogP contribution is -2.41. The molecule has 9 nitrogen and oxygen atoms in total. The second-order valence-electron chi connectivity index (χ2n) is 8.41. The number of ether oxygens (including phenoxy) is 1. The van der Waals surface area contributed by atoms with Crippen LogP contribution in [0, 0.1) is 11.3 Å². The third-order valence-electron chi connectivity index (χ3n) is 6.51. The number of hydrogen-bond acceptors (Lipinski definition) is 8. The van der Waals surface area contributed by atoms with Gasteiger partial charge in [0.25, 0.3) is 0 Å². The van der Waals surface area contributed by atoms with E-state index in [9.17, 15) is 4.79 Å². The topological polar surface area (TPSA) is 108 Å². The average molecular weight is 456 g/mol. The lowest BCUT2D eigenvalue weighted by Gasteiger charge is -2.30. The van der Waals surface area contributed by atoms with Crippen LogP contribution in [-0.4, -0.2) is 58.9 Å². The molecule has 3 aromatic rings. The maximum atomic E-state index is 13.0. The highest BCUT2D eigenvalue weighted by Crippen LogP contribution is 2.44. The summed E-state index contributed by atoms with van der Waals surface area (Å²) in [6.07, 6.45) is 5.04. The normalized spacial score (nSPS) is 23.1. The van der Waals surface area contributed by atoms with Gasteiger partial charge in [-0.05, 0) is 57.0 Å². The lowest BCUT2D eigenvalue weighted by atomic mass is 9.74. The molecular weight excluding hydrogens is 430 g/mol. The number of carbonyl (C=O) groups excluding carboxylic acids is 1. The van der Waals surface area contributed by atoms with Gasteiger partial charge in [0.15, 0.2) is 5.82 Å². The summed E-state index contributed by atoms with van der Waals surface area (Å²) in [5.41, 5.74) is 1.27. The molecule has 4 heterocycles. The summed E-state index contributed by atoms with van der Waals surface area (Å²) in [5, 5.41) is 15.1. The van der Waals surface area contributed by atoms with Gasteiger partial charge in [-0.3, -0.25) is 9.89 Å². The smallest absolute Gasteiger partial charge is 0.314 e. The quantitative estimate of drug-likeness (QED) is 0.503. The van der Waals surface area contributed by atoms with Gasteiger partial charge in [-0.2, -0.15) is 10.1 Å². The van der Waals surface area contributed by atoms with Gasteiger partial charge in [0, 0.05) is 24.2 Å². The number of fused-ring (bicyclic) bond motifs is 2. The van der Waals surface area contributed by atoms with Gasteiger partial charge >= 0.3 is 5.97 Å². The number of nitrogens with zero attached hydrogens (tertiary/aromatic N) is 4. The van der Waals surface area contributed by atoms with Crippen molar-refractivity contribution in [3.8, 4) is 0 Å². The van der Waals surface area contributed by atoms with Crippen LogP contribution in [0.15, 0.2) is 30.6 Å². The highest BCUT2D eigenvalue weighted by Gasteiger charge is 2.53. The van der Waals surface area contributed by atoms with Crippen LogP contribution in [-0.2, 0) is 9.53 Å². The fourth-order valence-corrected chi connectivity index (χ4v) is 4.99. The van der Waals surface area contributed by atoms with Crippen LogP contribution in [0.25, 0.3) is 10.9 Å². The number of rotatable bonds is 5. The van der Waals surface area contributed by atoms with Crippen LogP contribution in [0.1, 0.15) is 19.8 Å². The molecule has 168 valence electrons. The Labute approximate surface area is 190 Å². The Kier molecular flexibility index (Phi) is 5.60. The van der Waals surface area contributed by atoms with Gasteiger partial charge in [-0.25, -0.2) is 4.98 Å². The number of esters is 1. The summed E-state index contributed by atoms with van der Waals surface area (Å²) >= 11 is 6.41. The molecule has 0 aliphatic carbocycles. The van der Waals surface area contributed by atoms with Crippen LogP contribution in [0.5, 0.6) is 0 Å². The molecule has 3 N–H and O–H groups in total. The predicted molar refractivity (Wildman–Crippen MR) is 123 cm³/mol. The Hall–Kier alpha value is -2.91. The van der Waals surface area contributed by atoms with Crippen molar-refractivity contribution in [1.29, 1.82) is 0 Å². The summed E-state index contributed by atoms with van der Waals surface area (Å²) in [5.74, 6) is 1.16. The number of anilines is 3. The van der Waals surface area contributed by atoms with Gasteiger partial charge in [0.1, 0.15) is 5.02 Å². The number of carbonyl (C=O) groups is 1. The summed E-state index contributed by atoms with van der Waals surface area (Å²) < 4.78 is 5.50. The summed E-state index contributed by atoms with van der Waals surface area (Å²) in [4.78, 5) is 24.3. The van der Waals surface area contributed by atoms with Crippen molar-refractivity contribution >= 4 is 45.9 Å². The largest absolute Gasteiger partial charge is 0.466 e. The molecule has 5 rings (SSSR count). The van der Waals surface area contributed by atoms with Crippen molar-refractivity contribution in [3.05, 3.63) is 35.6 Å². The first-order valence-corrected chi connectivity index (χ1v) is 11.3. The van der Waals surface area contributed by atoms with E-state index in [2.05, 4.69) is 30.7 Å². The number of H-pyrrole nitrogens is 1. The van der Waals surface area contributed by atoms with E-state index in [0.29, 0.717) is 36.5 Å². The molecule has 0 spiro atoms. The molecule has 2 aliphatic heterocycles. The minimum atomic E-state index is -0.539. The number of aromatic amines is 1. The molecule has 2 saturated heterocycles. The Morgan fingerprint density at radius 3 is 3.16 bits per heavy atom. The van der Waals surface area contributed by atoms with Crippen LogP contribution < -0.4 is 15.5 Å². The molecule has 2 atom stereocenters. The monoisotopic (exact) mass is 455 g/mol. The lowest BCUT2D eigenvalue weighted by molar-refractivity contribution is -0.157. The minimum absolute atomic E-state index is 0.114. The fraction of sp³-hybridized carbons (Fsp3) is 0.455. The zero-order valence-corrected chi connectivity index (χ0v) is 18.7. The summed E-state index contributed by atoms with van der Waals surface area (Å²) in [6, 6.07) is 5.87. The number of nitrogens with one attached hydrogen (secondary N) is 3. The number of aromatic nitrogens is 4. The molecule has 32 heavy (non-hydrogen) atoms. The van der Waals surface area contributed by atoms with Crippen LogP contribution >= 0.6 is 11.6 Å². The van der Waals surface area contributed by atoms with Gasteiger partial charge in [-0.1, -0.05) is 11.6 Å². The second-order valence-corrected chi connectivity index (χ2v) is 8.81. The Morgan fingerprint density at radius 2 is 2.28 bits per heavy atom. The maximum absolute atomic E-state index is 13.0. The second kappa shape index (κ2) is 8.55. The molecule has 0 unspecified atom stereocenters. The molecule has 2 aliphatic rings. The Morgan fingerprint density at radius 1 is 1.38 bits per heavy atom. The summed E-state index contributed by atoms with van der Waals surface area (Å²) in [7, 11) is 0. The van der Waals surface area contributed by atoms with Crippen LogP contribution in [0.3, 0.4) is 0 Å². The fourth-order valence-electron chi connectivity index (χ4n) is 4.85. The molecule has 2 fully saturated rings.